The van der Waals surface area contributed by atoms with Crippen LogP contribution in [-0.4, -0.2) is 97.2 Å². The number of hydrogen-bond acceptors (Lipinski definition) is 13. The molecular weight excluding hydrogens is 788 g/mol. The average Bonchev–Trinajstić information content (AvgIpc) is 3.58. The van der Waals surface area contributed by atoms with Crippen LogP contribution in [0.3, 0.4) is 0 Å². The number of aromatic amines is 1. The molecule has 9 rings (SSSR count). The fraction of sp³-hybridized carbons (Fsp3) is 0.512. The Kier molecular flexibility index (Phi) is 10.4. The molecule has 5 aliphatic rings. The minimum atomic E-state index is -4.55. The van der Waals surface area contributed by atoms with Crippen LogP contribution in [0.5, 0.6) is 17.2 Å². The van der Waals surface area contributed by atoms with Crippen LogP contribution < -0.4 is 19.1 Å². The maximum absolute atomic E-state index is 14.5. The molecule has 308 valence electrons. The summed E-state index contributed by atoms with van der Waals surface area (Å²) in [4.78, 5) is 37.9. The zero-order valence-electron chi connectivity index (χ0n) is 32.2. The van der Waals surface area contributed by atoms with Crippen LogP contribution in [0.15, 0.2) is 63.8 Å². The summed E-state index contributed by atoms with van der Waals surface area (Å²) in [5, 5.41) is 13.8. The van der Waals surface area contributed by atoms with Crippen LogP contribution in [0.2, 0.25) is 0 Å². The molecule has 2 aromatic carbocycles. The van der Waals surface area contributed by atoms with Crippen LogP contribution in [0.4, 0.5) is 15.8 Å². The number of ether oxygens (including phenoxy) is 3. The molecule has 2 aromatic heterocycles. The number of amides is 1. The van der Waals surface area contributed by atoms with Crippen LogP contribution in [-0.2, 0) is 14.8 Å². The number of anilines is 1. The van der Waals surface area contributed by atoms with Gasteiger partial charge in [0.1, 0.15) is 41.0 Å². The fourth-order valence-electron chi connectivity index (χ4n) is 9.37. The van der Waals surface area contributed by atoms with Crippen molar-refractivity contribution in [1.82, 2.24) is 19.6 Å². The number of H-pyrrole nitrogens is 1. The van der Waals surface area contributed by atoms with Crippen molar-refractivity contribution in [2.24, 2.45) is 16.5 Å². The smallest absolute Gasteiger partial charge is 0.268 e. The largest absolute Gasteiger partial charge is 0.491 e. The second kappa shape index (κ2) is 15.4. The molecule has 2 saturated heterocycles. The number of thioether (sulfide) groups is 1. The number of morpholine rings is 1. The summed E-state index contributed by atoms with van der Waals surface area (Å²) in [6.45, 7) is 7.32. The molecule has 0 bridgehead atoms. The molecule has 0 radical (unpaired) electrons. The van der Waals surface area contributed by atoms with Gasteiger partial charge >= 0.3 is 0 Å². The number of halogens is 1. The topological polar surface area (TPSA) is 176 Å². The van der Waals surface area contributed by atoms with E-state index < -0.39 is 27.3 Å². The van der Waals surface area contributed by atoms with Crippen molar-refractivity contribution < 1.29 is 36.9 Å². The quantitative estimate of drug-likeness (QED) is 0.149. The lowest BCUT2D eigenvalue weighted by Gasteiger charge is -2.56. The highest BCUT2D eigenvalue weighted by Gasteiger charge is 2.48. The molecule has 3 aliphatic heterocycles. The third kappa shape index (κ3) is 7.78. The number of benzene rings is 2. The normalized spacial score (nSPS) is 25.1. The van der Waals surface area contributed by atoms with Gasteiger partial charge in [0, 0.05) is 61.5 Å². The number of nitroso groups, excluding NO2 is 1. The van der Waals surface area contributed by atoms with Crippen molar-refractivity contribution in [1.29, 1.82) is 0 Å². The van der Waals surface area contributed by atoms with Gasteiger partial charge in [-0.1, -0.05) is 0 Å². The molecule has 1 amide bonds. The lowest BCUT2D eigenvalue weighted by Crippen LogP contribution is -2.57. The molecule has 1 atom stereocenters. The average molecular weight is 835 g/mol. The van der Waals surface area contributed by atoms with E-state index in [1.165, 1.54) is 55.2 Å². The molecule has 2 aliphatic carbocycles. The molecular formula is C41H47FN6O8S2. The van der Waals surface area contributed by atoms with E-state index in [9.17, 15) is 27.6 Å². The van der Waals surface area contributed by atoms with Crippen LogP contribution in [0.1, 0.15) is 68.6 Å². The lowest BCUT2D eigenvalue weighted by molar-refractivity contribution is -0.0592. The maximum atomic E-state index is 14.5. The highest BCUT2D eigenvalue weighted by Crippen LogP contribution is 2.52. The Morgan fingerprint density at radius 1 is 1.09 bits per heavy atom. The molecule has 4 aromatic rings. The number of nitrogens with one attached hydrogen (secondary N) is 2. The van der Waals surface area contributed by atoms with Crippen molar-refractivity contribution >= 4 is 50.1 Å². The molecule has 2 saturated carbocycles. The number of aromatic nitrogens is 2. The Hall–Kier alpha value is -4.29. The summed E-state index contributed by atoms with van der Waals surface area (Å²) in [6, 6.07) is 9.52. The van der Waals surface area contributed by atoms with Gasteiger partial charge in [-0.2, -0.15) is 0 Å². The molecule has 58 heavy (non-hydrogen) atoms. The number of fused-ring (bicyclic) bond motifs is 2. The summed E-state index contributed by atoms with van der Waals surface area (Å²) in [5.74, 6) is -0.810. The number of piperidine rings is 1. The molecule has 0 unspecified atom stereocenters. The Bertz CT molecular complexity index is 2330. The number of pyridine rings is 1. The summed E-state index contributed by atoms with van der Waals surface area (Å²) in [5.41, 5.74) is 0.578. The van der Waals surface area contributed by atoms with Gasteiger partial charge in [0.25, 0.3) is 15.9 Å². The molecule has 5 heterocycles. The molecule has 17 heteroatoms. The summed E-state index contributed by atoms with van der Waals surface area (Å²) in [6.07, 6.45) is 9.96. The Labute approximate surface area is 340 Å². The van der Waals surface area contributed by atoms with Crippen LogP contribution >= 0.6 is 11.8 Å². The van der Waals surface area contributed by atoms with Gasteiger partial charge in [-0.25, -0.2) is 22.5 Å². The van der Waals surface area contributed by atoms with Gasteiger partial charge in [-0.05, 0) is 99.1 Å². The number of sulfonamides is 1. The predicted molar refractivity (Wildman–Crippen MR) is 216 cm³/mol. The molecule has 3 N–H and O–H groups in total. The number of carbonyl (C=O) groups is 1. The zero-order valence-corrected chi connectivity index (χ0v) is 33.9. The van der Waals surface area contributed by atoms with Crippen molar-refractivity contribution in [3.63, 3.8) is 0 Å². The molecule has 4 fully saturated rings. The molecule has 1 spiro atoms. The van der Waals surface area contributed by atoms with E-state index in [0.29, 0.717) is 41.4 Å². The highest BCUT2D eigenvalue weighted by molar-refractivity contribution is 8.00. The second-order valence-corrected chi connectivity index (χ2v) is 19.7. The van der Waals surface area contributed by atoms with E-state index >= 15 is 0 Å². The summed E-state index contributed by atoms with van der Waals surface area (Å²) in [7, 11) is -4.55. The van der Waals surface area contributed by atoms with Crippen LogP contribution in [0.25, 0.3) is 11.0 Å². The highest BCUT2D eigenvalue weighted by atomic mass is 32.2. The first-order valence-electron chi connectivity index (χ1n) is 20.0. The Balaban J connectivity index is 0.938. The van der Waals surface area contributed by atoms with Gasteiger partial charge < -0.3 is 29.2 Å². The minimum absolute atomic E-state index is 0.00859. The summed E-state index contributed by atoms with van der Waals surface area (Å²) >= 11 is 1.43. The van der Waals surface area contributed by atoms with Crippen molar-refractivity contribution in [3.05, 3.63) is 65.1 Å². The van der Waals surface area contributed by atoms with E-state index in [4.69, 9.17) is 14.2 Å². The number of rotatable bonds is 9. The van der Waals surface area contributed by atoms with Crippen LogP contribution in [0, 0.1) is 22.1 Å². The first-order chi connectivity index (χ1) is 27.9. The molecule has 14 nitrogen and oxygen atoms in total. The maximum Gasteiger partial charge on any atom is 0.268 e. The van der Waals surface area contributed by atoms with Gasteiger partial charge in [0.2, 0.25) is 0 Å². The fourth-order valence-corrected chi connectivity index (χ4v) is 11.7. The number of aliphatic hydroxyl groups is 1. The van der Waals surface area contributed by atoms with Gasteiger partial charge in [0.05, 0.1) is 45.8 Å². The minimum Gasteiger partial charge on any atom is -0.491 e. The Morgan fingerprint density at radius 2 is 1.84 bits per heavy atom. The third-order valence-electron chi connectivity index (χ3n) is 12.9. The first-order valence-corrected chi connectivity index (χ1v) is 22.4. The van der Waals surface area contributed by atoms with Crippen molar-refractivity contribution in [2.75, 3.05) is 50.9 Å². The van der Waals surface area contributed by atoms with E-state index in [0.717, 1.165) is 76.8 Å². The number of nitrogens with zero attached hydrogens (tertiary/aromatic N) is 4. The Morgan fingerprint density at radius 3 is 2.59 bits per heavy atom. The van der Waals surface area contributed by atoms with Gasteiger partial charge in [-0.3, -0.25) is 9.69 Å². The first kappa shape index (κ1) is 39.2. The van der Waals surface area contributed by atoms with E-state index in [1.54, 1.807) is 12.1 Å². The van der Waals surface area contributed by atoms with Crippen molar-refractivity contribution in [3.8, 4) is 17.2 Å². The number of carbonyl (C=O) groups excluding carboxylic acids is 1. The van der Waals surface area contributed by atoms with E-state index in [1.807, 2.05) is 6.92 Å². The zero-order chi connectivity index (χ0) is 40.2. The lowest BCUT2D eigenvalue weighted by atomic mass is 9.60. The van der Waals surface area contributed by atoms with E-state index in [2.05, 4.69) is 29.7 Å². The van der Waals surface area contributed by atoms with Gasteiger partial charge in [-0.15, -0.1) is 16.7 Å². The SMILES string of the molecule is C[C@]1(O)CC[C@H]([C@H]2COc3cc(S(=O)(=O)NC(=O)c4ccc(N5CCC6(CC5)CC(N5CCOCC5)C6)cc4Oc4cnc5[nH]cc(F)c5c4)cc(N=O)c3S2)CC1. The number of hydrogen-bond donors (Lipinski definition) is 3. The van der Waals surface area contributed by atoms with Crippen molar-refractivity contribution in [2.45, 2.75) is 85.0 Å². The predicted octanol–water partition coefficient (Wildman–Crippen LogP) is 6.89. The van der Waals surface area contributed by atoms with Gasteiger partial charge in [0.15, 0.2) is 0 Å². The second-order valence-electron chi connectivity index (χ2n) is 16.8. The van der Waals surface area contributed by atoms with E-state index in [-0.39, 0.29) is 49.9 Å². The third-order valence-corrected chi connectivity index (χ3v) is 15.7. The monoisotopic (exact) mass is 834 g/mol. The summed E-state index contributed by atoms with van der Waals surface area (Å²) < 4.78 is 62.1. The standard InChI is InChI=1S/C41H47FN6O8S2/c1-40(50)6-4-25(5-7-40)36-24-55-35-19-29(18-33(45-51)37(35)57-36)58(52,53)46-39(49)30-3-2-26(16-34(30)56-28-17-31-32(42)23-44-38(31)43-22-28)47-10-8-41(9-11-47)20-27(21-41)48-12-14-54-15-13-48/h2-3,16-19,22-23,25,27,36,50H,4-15,20-21,24H2,1H3,(H,43,44)(H,46,49)/t25-,36-,40-/m1/s1.